The fourth-order valence-electron chi connectivity index (χ4n) is 3.99. The maximum absolute atomic E-state index is 13.4. The van der Waals surface area contributed by atoms with Crippen LogP contribution >= 0.6 is 11.6 Å². The third-order valence-corrected chi connectivity index (χ3v) is 5.79. The molecule has 148 valence electrons. The number of furan rings is 1. The fourth-order valence-corrected chi connectivity index (χ4v) is 4.22. The van der Waals surface area contributed by atoms with Crippen LogP contribution in [0.1, 0.15) is 23.0 Å². The van der Waals surface area contributed by atoms with Crippen molar-refractivity contribution in [2.75, 3.05) is 32.8 Å². The molecule has 2 atom stereocenters. The molecule has 0 aliphatic carbocycles. The first-order valence-electron chi connectivity index (χ1n) is 9.43. The molecule has 6 nitrogen and oxygen atoms in total. The summed E-state index contributed by atoms with van der Waals surface area (Å²) in [5.41, 5.74) is 1.28. The first-order valence-corrected chi connectivity index (χ1v) is 9.81. The summed E-state index contributed by atoms with van der Waals surface area (Å²) in [7, 11) is 0. The third kappa shape index (κ3) is 3.54. The van der Waals surface area contributed by atoms with Gasteiger partial charge in [0.15, 0.2) is 0 Å². The van der Waals surface area contributed by atoms with Crippen molar-refractivity contribution < 1.29 is 18.7 Å². The maximum Gasteiger partial charge on any atom is 0.257 e. The number of rotatable bonds is 2. The molecular formula is C21H23ClN2O4. The molecule has 0 spiro atoms. The van der Waals surface area contributed by atoms with E-state index in [1.54, 1.807) is 26.0 Å². The number of carbonyl (C=O) groups is 2. The van der Waals surface area contributed by atoms with Crippen LogP contribution in [0.4, 0.5) is 0 Å². The van der Waals surface area contributed by atoms with Gasteiger partial charge in [-0.25, -0.2) is 0 Å². The minimum atomic E-state index is -0.165. The van der Waals surface area contributed by atoms with Gasteiger partial charge in [-0.1, -0.05) is 23.7 Å². The van der Waals surface area contributed by atoms with Gasteiger partial charge in [-0.05, 0) is 25.1 Å². The number of carbonyl (C=O) groups excluding carboxylic acids is 2. The van der Waals surface area contributed by atoms with E-state index in [1.807, 2.05) is 28.0 Å². The number of ether oxygens (including phenoxy) is 1. The summed E-state index contributed by atoms with van der Waals surface area (Å²) >= 11 is 6.28. The topological polar surface area (TPSA) is 63.0 Å². The van der Waals surface area contributed by atoms with Crippen LogP contribution < -0.4 is 0 Å². The highest BCUT2D eigenvalue weighted by molar-refractivity contribution is 6.33. The second-order valence-corrected chi connectivity index (χ2v) is 7.91. The lowest BCUT2D eigenvalue weighted by Crippen LogP contribution is -2.47. The number of amides is 2. The SMILES string of the molecule is CC(=O)N1C[C@@H]2COC[C@H](C1)N(C(=O)c1cc(-c3ccccc3Cl)oc1C)C2. The maximum atomic E-state index is 13.4. The van der Waals surface area contributed by atoms with E-state index in [9.17, 15) is 9.59 Å². The van der Waals surface area contributed by atoms with Crippen molar-refractivity contribution in [1.82, 2.24) is 9.80 Å². The molecule has 0 N–H and O–H groups in total. The zero-order valence-corrected chi connectivity index (χ0v) is 16.7. The van der Waals surface area contributed by atoms with Gasteiger partial charge in [0.05, 0.1) is 29.8 Å². The van der Waals surface area contributed by atoms with E-state index in [4.69, 9.17) is 20.8 Å². The van der Waals surface area contributed by atoms with Gasteiger partial charge >= 0.3 is 0 Å². The molecule has 1 aromatic heterocycles. The largest absolute Gasteiger partial charge is 0.460 e. The average Bonchev–Trinajstić information content (AvgIpc) is 2.81. The smallest absolute Gasteiger partial charge is 0.257 e. The average molecular weight is 403 g/mol. The Kier molecular flexibility index (Phi) is 5.17. The molecule has 28 heavy (non-hydrogen) atoms. The quantitative estimate of drug-likeness (QED) is 0.773. The van der Waals surface area contributed by atoms with Gasteiger partial charge in [0.2, 0.25) is 5.91 Å². The van der Waals surface area contributed by atoms with Crippen LogP contribution in [0.3, 0.4) is 0 Å². The Hall–Kier alpha value is -2.31. The van der Waals surface area contributed by atoms with E-state index < -0.39 is 0 Å². The van der Waals surface area contributed by atoms with Crippen molar-refractivity contribution in [3.8, 4) is 11.3 Å². The molecule has 0 saturated carbocycles. The van der Waals surface area contributed by atoms with E-state index in [2.05, 4.69) is 0 Å². The first-order chi connectivity index (χ1) is 13.4. The minimum Gasteiger partial charge on any atom is -0.460 e. The zero-order chi connectivity index (χ0) is 19.8. The molecule has 2 aromatic rings. The number of hydrogen-bond donors (Lipinski definition) is 0. The van der Waals surface area contributed by atoms with Gasteiger partial charge in [-0.2, -0.15) is 0 Å². The van der Waals surface area contributed by atoms with Crippen molar-refractivity contribution in [1.29, 1.82) is 0 Å². The van der Waals surface area contributed by atoms with Crippen molar-refractivity contribution in [3.63, 3.8) is 0 Å². The molecular weight excluding hydrogens is 380 g/mol. The molecule has 2 aliphatic rings. The van der Waals surface area contributed by atoms with E-state index in [0.29, 0.717) is 55.0 Å². The summed E-state index contributed by atoms with van der Waals surface area (Å²) in [6.07, 6.45) is 0. The van der Waals surface area contributed by atoms with Crippen molar-refractivity contribution >= 4 is 23.4 Å². The van der Waals surface area contributed by atoms with Crippen molar-refractivity contribution in [3.05, 3.63) is 46.7 Å². The molecule has 2 amide bonds. The summed E-state index contributed by atoms with van der Waals surface area (Å²) in [6, 6.07) is 8.99. The number of aryl methyl sites for hydroxylation is 1. The fraction of sp³-hybridized carbons (Fsp3) is 0.429. The Balaban J connectivity index is 1.64. The van der Waals surface area contributed by atoms with Crippen LogP contribution in [-0.4, -0.2) is 60.5 Å². The highest BCUT2D eigenvalue weighted by Crippen LogP contribution is 2.32. The molecule has 0 unspecified atom stereocenters. The molecule has 2 bridgehead atoms. The summed E-state index contributed by atoms with van der Waals surface area (Å²) in [5, 5.41) is 0.575. The Labute approximate surface area is 169 Å². The van der Waals surface area contributed by atoms with Gasteiger partial charge in [0, 0.05) is 38.0 Å². The molecule has 2 aliphatic heterocycles. The molecule has 3 heterocycles. The lowest BCUT2D eigenvalue weighted by atomic mass is 10.1. The summed E-state index contributed by atoms with van der Waals surface area (Å²) in [5.74, 6) is 1.18. The normalized spacial score (nSPS) is 22.1. The lowest BCUT2D eigenvalue weighted by Gasteiger charge is -2.30. The second-order valence-electron chi connectivity index (χ2n) is 7.50. The molecule has 2 fully saturated rings. The Morgan fingerprint density at radius 2 is 1.93 bits per heavy atom. The number of nitrogens with zero attached hydrogens (tertiary/aromatic N) is 2. The molecule has 1 aromatic carbocycles. The highest BCUT2D eigenvalue weighted by atomic mass is 35.5. The molecule has 2 saturated heterocycles. The monoisotopic (exact) mass is 402 g/mol. The summed E-state index contributed by atoms with van der Waals surface area (Å²) in [6.45, 7) is 6.02. The Bertz CT molecular complexity index is 910. The van der Waals surface area contributed by atoms with E-state index in [0.717, 1.165) is 5.56 Å². The van der Waals surface area contributed by atoms with Gasteiger partial charge < -0.3 is 19.0 Å². The zero-order valence-electron chi connectivity index (χ0n) is 16.0. The van der Waals surface area contributed by atoms with Crippen molar-refractivity contribution in [2.24, 2.45) is 5.92 Å². The Morgan fingerprint density at radius 3 is 2.68 bits per heavy atom. The molecule has 7 heteroatoms. The Morgan fingerprint density at radius 1 is 1.14 bits per heavy atom. The molecule has 0 radical (unpaired) electrons. The predicted octanol–water partition coefficient (Wildman–Crippen LogP) is 3.23. The van der Waals surface area contributed by atoms with Crippen LogP contribution in [0.5, 0.6) is 0 Å². The van der Waals surface area contributed by atoms with Gasteiger partial charge in [-0.15, -0.1) is 0 Å². The standard InChI is InChI=1S/C21H23ClN2O4/c1-13-18(7-20(28-13)17-5-3-4-6-19(17)22)21(26)24-9-15-8-23(14(2)25)10-16(24)12-27-11-15/h3-7,15-16H,8-12H2,1-2H3/t15-,16-/m0/s1. The van der Waals surface area contributed by atoms with Crippen LogP contribution in [0.15, 0.2) is 34.7 Å². The van der Waals surface area contributed by atoms with Crippen LogP contribution in [0, 0.1) is 12.8 Å². The van der Waals surface area contributed by atoms with Gasteiger partial charge in [0.25, 0.3) is 5.91 Å². The molecule has 4 rings (SSSR count). The van der Waals surface area contributed by atoms with Crippen LogP contribution in [0.25, 0.3) is 11.3 Å². The predicted molar refractivity (Wildman–Crippen MR) is 105 cm³/mol. The number of hydrogen-bond acceptors (Lipinski definition) is 4. The minimum absolute atomic E-state index is 0.0340. The third-order valence-electron chi connectivity index (χ3n) is 5.46. The van der Waals surface area contributed by atoms with Gasteiger partial charge in [0.1, 0.15) is 11.5 Å². The summed E-state index contributed by atoms with van der Waals surface area (Å²) in [4.78, 5) is 29.0. The van der Waals surface area contributed by atoms with E-state index >= 15 is 0 Å². The number of fused-ring (bicyclic) bond motifs is 3. The first kappa shape index (κ1) is 19.0. The summed E-state index contributed by atoms with van der Waals surface area (Å²) < 4.78 is 11.6. The number of halogens is 1. The number of benzene rings is 1. The van der Waals surface area contributed by atoms with E-state index in [1.165, 1.54) is 0 Å². The van der Waals surface area contributed by atoms with Crippen LogP contribution in [-0.2, 0) is 9.53 Å². The highest BCUT2D eigenvalue weighted by Gasteiger charge is 2.37. The van der Waals surface area contributed by atoms with Crippen LogP contribution in [0.2, 0.25) is 5.02 Å². The van der Waals surface area contributed by atoms with Crippen molar-refractivity contribution in [2.45, 2.75) is 19.9 Å². The van der Waals surface area contributed by atoms with E-state index in [-0.39, 0.29) is 23.8 Å². The van der Waals surface area contributed by atoms with Gasteiger partial charge in [-0.3, -0.25) is 9.59 Å². The second kappa shape index (κ2) is 7.60. The lowest BCUT2D eigenvalue weighted by molar-refractivity contribution is -0.130.